The molecule has 0 saturated heterocycles. The van der Waals surface area contributed by atoms with E-state index in [1.54, 1.807) is 7.11 Å². The normalized spacial score (nSPS) is 10.3. The molecule has 1 heterocycles. The molecule has 0 bridgehead atoms. The Kier molecular flexibility index (Phi) is 3.74. The van der Waals surface area contributed by atoms with Gasteiger partial charge in [0.2, 0.25) is 0 Å². The fraction of sp³-hybridized carbons (Fsp3) is 0.231. The van der Waals surface area contributed by atoms with Gasteiger partial charge in [-0.2, -0.15) is 0 Å². The summed E-state index contributed by atoms with van der Waals surface area (Å²) in [6.45, 7) is 0.800. The van der Waals surface area contributed by atoms with Gasteiger partial charge in [0.15, 0.2) is 0 Å². The molecule has 4 heteroatoms. The Hall–Kier alpha value is -1.42. The molecule has 0 spiro atoms. The summed E-state index contributed by atoms with van der Waals surface area (Å²) < 4.78 is 8.32. The van der Waals surface area contributed by atoms with E-state index in [4.69, 9.17) is 4.74 Å². The van der Waals surface area contributed by atoms with Gasteiger partial charge in [-0.05, 0) is 40.2 Å². The monoisotopic (exact) mass is 294 g/mol. The lowest BCUT2D eigenvalue weighted by molar-refractivity contribution is 0.412. The van der Waals surface area contributed by atoms with Crippen molar-refractivity contribution in [2.45, 2.75) is 6.54 Å². The number of methoxy groups -OCH3 is 1. The van der Waals surface area contributed by atoms with E-state index < -0.39 is 0 Å². The lowest BCUT2D eigenvalue weighted by Gasteiger charge is -2.10. The van der Waals surface area contributed by atoms with Gasteiger partial charge in [-0.15, -0.1) is 0 Å². The minimum atomic E-state index is 0.800. The van der Waals surface area contributed by atoms with Gasteiger partial charge in [0.1, 0.15) is 5.75 Å². The fourth-order valence-electron chi connectivity index (χ4n) is 1.64. The number of aryl methyl sites for hydroxylation is 1. The number of hydrogen-bond acceptors (Lipinski definition) is 2. The number of aromatic nitrogens is 1. The topological polar surface area (TPSA) is 26.2 Å². The number of anilines is 1. The van der Waals surface area contributed by atoms with Crippen LogP contribution in [0.3, 0.4) is 0 Å². The average molecular weight is 295 g/mol. The zero-order valence-corrected chi connectivity index (χ0v) is 11.5. The lowest BCUT2D eigenvalue weighted by Crippen LogP contribution is -2.04. The average Bonchev–Trinajstić information content (AvgIpc) is 2.74. The molecule has 2 aromatic rings. The molecule has 0 aliphatic carbocycles. The van der Waals surface area contributed by atoms with Crippen LogP contribution in [0.2, 0.25) is 0 Å². The molecular formula is C13H15BrN2O. The van der Waals surface area contributed by atoms with Crippen molar-refractivity contribution in [1.29, 1.82) is 0 Å². The van der Waals surface area contributed by atoms with Crippen LogP contribution in [-0.2, 0) is 13.6 Å². The second-order valence-corrected chi connectivity index (χ2v) is 4.67. The van der Waals surface area contributed by atoms with E-state index >= 15 is 0 Å². The van der Waals surface area contributed by atoms with Crippen molar-refractivity contribution >= 4 is 21.6 Å². The first kappa shape index (κ1) is 12.0. The van der Waals surface area contributed by atoms with E-state index in [0.717, 1.165) is 22.5 Å². The third-order valence-corrected chi connectivity index (χ3v) is 3.33. The molecule has 0 aliphatic heterocycles. The van der Waals surface area contributed by atoms with Gasteiger partial charge in [0.05, 0.1) is 18.1 Å². The Bertz CT molecular complexity index is 508. The largest absolute Gasteiger partial charge is 0.495 e. The Morgan fingerprint density at radius 3 is 2.82 bits per heavy atom. The lowest BCUT2D eigenvalue weighted by atomic mass is 10.3. The predicted molar refractivity (Wildman–Crippen MR) is 73.4 cm³/mol. The molecule has 90 valence electrons. The van der Waals surface area contributed by atoms with Crippen molar-refractivity contribution in [3.8, 4) is 5.75 Å². The van der Waals surface area contributed by atoms with Crippen LogP contribution in [0, 0.1) is 0 Å². The summed E-state index contributed by atoms with van der Waals surface area (Å²) in [5.41, 5.74) is 2.29. The molecule has 0 fully saturated rings. The Balaban J connectivity index is 2.07. The Labute approximate surface area is 110 Å². The summed E-state index contributed by atoms with van der Waals surface area (Å²) in [6, 6.07) is 10.1. The van der Waals surface area contributed by atoms with Crippen molar-refractivity contribution in [3.63, 3.8) is 0 Å². The molecule has 2 rings (SSSR count). The van der Waals surface area contributed by atoms with Crippen LogP contribution < -0.4 is 10.1 Å². The first-order valence-corrected chi connectivity index (χ1v) is 6.17. The van der Waals surface area contributed by atoms with Gasteiger partial charge in [0.25, 0.3) is 0 Å². The quantitative estimate of drug-likeness (QED) is 0.935. The molecule has 0 saturated carbocycles. The fourth-order valence-corrected chi connectivity index (χ4v) is 2.05. The highest BCUT2D eigenvalue weighted by atomic mass is 79.9. The number of halogens is 1. The Morgan fingerprint density at radius 1 is 1.35 bits per heavy atom. The Morgan fingerprint density at radius 2 is 2.18 bits per heavy atom. The van der Waals surface area contributed by atoms with Crippen molar-refractivity contribution in [2.24, 2.45) is 7.05 Å². The highest BCUT2D eigenvalue weighted by Gasteiger charge is 2.02. The molecule has 3 nitrogen and oxygen atoms in total. The maximum absolute atomic E-state index is 5.25. The molecule has 0 radical (unpaired) electrons. The highest BCUT2D eigenvalue weighted by Crippen LogP contribution is 2.27. The van der Waals surface area contributed by atoms with Crippen LogP contribution in [0.15, 0.2) is 41.0 Å². The molecule has 0 aliphatic rings. The number of hydrogen-bond donors (Lipinski definition) is 1. The first-order chi connectivity index (χ1) is 8.20. The SMILES string of the molecule is COc1cc(NCc2cccn2C)ccc1Br. The smallest absolute Gasteiger partial charge is 0.135 e. The van der Waals surface area contributed by atoms with Crippen LogP contribution in [0.25, 0.3) is 0 Å². The van der Waals surface area contributed by atoms with Crippen LogP contribution in [0.5, 0.6) is 5.75 Å². The summed E-state index contributed by atoms with van der Waals surface area (Å²) in [4.78, 5) is 0. The molecule has 0 unspecified atom stereocenters. The third kappa shape index (κ3) is 2.82. The molecule has 0 amide bonds. The number of nitrogens with one attached hydrogen (secondary N) is 1. The summed E-state index contributed by atoms with van der Waals surface area (Å²) in [5.74, 6) is 0.835. The van der Waals surface area contributed by atoms with Crippen molar-refractivity contribution in [2.75, 3.05) is 12.4 Å². The van der Waals surface area contributed by atoms with Crippen LogP contribution >= 0.6 is 15.9 Å². The van der Waals surface area contributed by atoms with E-state index in [1.165, 1.54) is 5.69 Å². The van der Waals surface area contributed by atoms with Crippen molar-refractivity contribution < 1.29 is 4.74 Å². The number of ether oxygens (including phenoxy) is 1. The molecule has 1 aromatic heterocycles. The zero-order valence-electron chi connectivity index (χ0n) is 9.90. The van der Waals surface area contributed by atoms with Crippen LogP contribution in [0.1, 0.15) is 5.69 Å². The summed E-state index contributed by atoms with van der Waals surface area (Å²) in [6.07, 6.45) is 2.04. The molecule has 17 heavy (non-hydrogen) atoms. The third-order valence-electron chi connectivity index (χ3n) is 2.68. The highest BCUT2D eigenvalue weighted by molar-refractivity contribution is 9.10. The minimum absolute atomic E-state index is 0.800. The summed E-state index contributed by atoms with van der Waals surface area (Å²) >= 11 is 3.44. The van der Waals surface area contributed by atoms with Gasteiger partial charge in [-0.3, -0.25) is 0 Å². The number of nitrogens with zero attached hydrogens (tertiary/aromatic N) is 1. The maximum Gasteiger partial charge on any atom is 0.135 e. The van der Waals surface area contributed by atoms with E-state index in [9.17, 15) is 0 Å². The number of benzene rings is 1. The van der Waals surface area contributed by atoms with E-state index in [2.05, 4.69) is 31.9 Å². The zero-order chi connectivity index (χ0) is 12.3. The molecule has 1 aromatic carbocycles. The first-order valence-electron chi connectivity index (χ1n) is 5.38. The standard InChI is InChI=1S/C13H15BrN2O/c1-16-7-3-4-11(16)9-15-10-5-6-12(14)13(8-10)17-2/h3-8,15H,9H2,1-2H3. The van der Waals surface area contributed by atoms with E-state index in [0.29, 0.717) is 0 Å². The molecule has 1 N–H and O–H groups in total. The molecular weight excluding hydrogens is 280 g/mol. The molecule has 0 atom stereocenters. The van der Waals surface area contributed by atoms with E-state index in [-0.39, 0.29) is 0 Å². The van der Waals surface area contributed by atoms with Crippen molar-refractivity contribution in [1.82, 2.24) is 4.57 Å². The second-order valence-electron chi connectivity index (χ2n) is 3.81. The van der Waals surface area contributed by atoms with Gasteiger partial charge in [0, 0.05) is 30.7 Å². The van der Waals surface area contributed by atoms with Gasteiger partial charge in [-0.1, -0.05) is 0 Å². The van der Waals surface area contributed by atoms with Gasteiger partial charge < -0.3 is 14.6 Å². The summed E-state index contributed by atoms with van der Waals surface area (Å²) in [7, 11) is 3.71. The van der Waals surface area contributed by atoms with E-state index in [1.807, 2.05) is 37.5 Å². The second kappa shape index (κ2) is 5.27. The maximum atomic E-state index is 5.25. The van der Waals surface area contributed by atoms with Crippen molar-refractivity contribution in [3.05, 3.63) is 46.7 Å². The van der Waals surface area contributed by atoms with Crippen LogP contribution in [0.4, 0.5) is 5.69 Å². The van der Waals surface area contributed by atoms with Crippen LogP contribution in [-0.4, -0.2) is 11.7 Å². The predicted octanol–water partition coefficient (Wildman–Crippen LogP) is 3.41. The minimum Gasteiger partial charge on any atom is -0.495 e. The summed E-state index contributed by atoms with van der Waals surface area (Å²) in [5, 5.41) is 3.37. The van der Waals surface area contributed by atoms with Gasteiger partial charge >= 0.3 is 0 Å². The van der Waals surface area contributed by atoms with Gasteiger partial charge in [-0.25, -0.2) is 0 Å². The number of rotatable bonds is 4.